The first kappa shape index (κ1) is 7.50. The highest BCUT2D eigenvalue weighted by Gasteiger charge is 2.34. The van der Waals surface area contributed by atoms with Crippen LogP contribution in [0.3, 0.4) is 0 Å². The first-order valence-corrected chi connectivity index (χ1v) is 3.28. The second-order valence-corrected chi connectivity index (χ2v) is 2.69. The second-order valence-electron chi connectivity index (χ2n) is 2.69. The summed E-state index contributed by atoms with van der Waals surface area (Å²) in [6, 6.07) is -0.661. The van der Waals surface area contributed by atoms with Gasteiger partial charge in [-0.15, -0.1) is 0 Å². The van der Waals surface area contributed by atoms with Crippen LogP contribution in [0.15, 0.2) is 0 Å². The van der Waals surface area contributed by atoms with Gasteiger partial charge in [0.05, 0.1) is 6.10 Å². The maximum atomic E-state index is 10.3. The summed E-state index contributed by atoms with van der Waals surface area (Å²) in [4.78, 5) is 10.3. The normalized spacial score (nSPS) is 40.0. The average Bonchev–Trinajstić information content (AvgIpc) is 2.10. The van der Waals surface area contributed by atoms with Gasteiger partial charge in [-0.2, -0.15) is 0 Å². The molecule has 0 unspecified atom stereocenters. The van der Waals surface area contributed by atoms with E-state index in [1.54, 1.807) is 0 Å². The van der Waals surface area contributed by atoms with Crippen molar-refractivity contribution < 1.29 is 15.0 Å². The van der Waals surface area contributed by atoms with Crippen molar-refractivity contribution in [1.29, 1.82) is 0 Å². The molecule has 3 atom stereocenters. The summed E-state index contributed by atoms with van der Waals surface area (Å²) in [6.07, 6.45) is -0.204. The Morgan fingerprint density at radius 2 is 2.30 bits per heavy atom. The van der Waals surface area contributed by atoms with Crippen LogP contribution < -0.4 is 5.32 Å². The van der Waals surface area contributed by atoms with Gasteiger partial charge in [-0.1, -0.05) is 0 Å². The fraction of sp³-hybridized carbons (Fsp3) is 0.833. The first-order valence-electron chi connectivity index (χ1n) is 3.28. The Kier molecular flexibility index (Phi) is 1.92. The van der Waals surface area contributed by atoms with E-state index in [1.807, 2.05) is 6.92 Å². The van der Waals surface area contributed by atoms with E-state index in [4.69, 9.17) is 10.2 Å². The van der Waals surface area contributed by atoms with Gasteiger partial charge in [0.1, 0.15) is 6.04 Å². The lowest BCUT2D eigenvalue weighted by molar-refractivity contribution is -0.141. The minimum atomic E-state index is -0.975. The maximum Gasteiger partial charge on any atom is 0.323 e. The minimum Gasteiger partial charge on any atom is -0.480 e. The summed E-state index contributed by atoms with van der Waals surface area (Å²) in [7, 11) is 0. The van der Waals surface area contributed by atoms with Crippen molar-refractivity contribution in [2.45, 2.75) is 31.5 Å². The molecule has 0 amide bonds. The molecule has 1 rings (SSSR count). The number of hydrogen-bond acceptors (Lipinski definition) is 3. The SMILES string of the molecule is C[C@H]1C[C@H](O)[C@@H](C(=O)O)N1. The average molecular weight is 145 g/mol. The molecule has 0 aromatic heterocycles. The third-order valence-corrected chi connectivity index (χ3v) is 1.71. The van der Waals surface area contributed by atoms with E-state index in [0.29, 0.717) is 6.42 Å². The Morgan fingerprint density at radius 3 is 2.50 bits per heavy atom. The van der Waals surface area contributed by atoms with E-state index in [2.05, 4.69) is 5.32 Å². The van der Waals surface area contributed by atoms with E-state index < -0.39 is 18.1 Å². The number of hydrogen-bond donors (Lipinski definition) is 3. The zero-order valence-corrected chi connectivity index (χ0v) is 5.74. The molecule has 1 heterocycles. The van der Waals surface area contributed by atoms with Crippen LogP contribution in [0, 0.1) is 0 Å². The van der Waals surface area contributed by atoms with Crippen LogP contribution in [0.1, 0.15) is 13.3 Å². The first-order chi connectivity index (χ1) is 4.61. The molecule has 0 spiro atoms. The highest BCUT2D eigenvalue weighted by molar-refractivity contribution is 5.74. The lowest BCUT2D eigenvalue weighted by atomic mass is 10.1. The third-order valence-electron chi connectivity index (χ3n) is 1.71. The summed E-state index contributed by atoms with van der Waals surface area (Å²) >= 11 is 0. The molecule has 0 bridgehead atoms. The van der Waals surface area contributed by atoms with E-state index >= 15 is 0 Å². The van der Waals surface area contributed by atoms with Crippen LogP contribution in [0.5, 0.6) is 0 Å². The zero-order chi connectivity index (χ0) is 7.72. The van der Waals surface area contributed by atoms with E-state index in [9.17, 15) is 4.79 Å². The molecule has 1 aliphatic rings. The van der Waals surface area contributed by atoms with Gasteiger partial charge >= 0.3 is 5.97 Å². The molecule has 0 aromatic carbocycles. The van der Waals surface area contributed by atoms with Crippen molar-refractivity contribution >= 4 is 5.97 Å². The predicted molar refractivity (Wildman–Crippen MR) is 34.6 cm³/mol. The molecule has 10 heavy (non-hydrogen) atoms. The number of aliphatic hydroxyl groups is 1. The van der Waals surface area contributed by atoms with Crippen LogP contribution in [-0.2, 0) is 4.79 Å². The molecule has 0 aromatic rings. The fourth-order valence-corrected chi connectivity index (χ4v) is 1.22. The summed E-state index contributed by atoms with van der Waals surface area (Å²) < 4.78 is 0. The van der Waals surface area contributed by atoms with Crippen LogP contribution in [0.2, 0.25) is 0 Å². The van der Waals surface area contributed by atoms with Crippen molar-refractivity contribution in [3.63, 3.8) is 0 Å². The van der Waals surface area contributed by atoms with E-state index in [-0.39, 0.29) is 6.04 Å². The Hall–Kier alpha value is -0.610. The molecule has 4 nitrogen and oxygen atoms in total. The second kappa shape index (κ2) is 2.56. The van der Waals surface area contributed by atoms with Crippen LogP contribution in [0.4, 0.5) is 0 Å². The number of carboxylic acids is 1. The van der Waals surface area contributed by atoms with Gasteiger partial charge in [0, 0.05) is 6.04 Å². The molecule has 3 N–H and O–H groups in total. The Bertz CT molecular complexity index is 148. The molecular formula is C6H11NO3. The van der Waals surface area contributed by atoms with Gasteiger partial charge in [0.15, 0.2) is 0 Å². The number of rotatable bonds is 1. The molecule has 58 valence electrons. The number of aliphatic carboxylic acids is 1. The predicted octanol–water partition coefficient (Wildman–Crippen LogP) is -0.818. The maximum absolute atomic E-state index is 10.3. The highest BCUT2D eigenvalue weighted by atomic mass is 16.4. The molecule has 4 heteroatoms. The summed E-state index contributed by atoms with van der Waals surface area (Å²) in [5.41, 5.74) is 0. The Balaban J connectivity index is 2.54. The number of carboxylic acid groups (broad SMARTS) is 1. The molecule has 1 saturated heterocycles. The highest BCUT2D eigenvalue weighted by Crippen LogP contribution is 2.12. The molecule has 0 aliphatic carbocycles. The topological polar surface area (TPSA) is 69.6 Å². The van der Waals surface area contributed by atoms with Gasteiger partial charge in [-0.05, 0) is 13.3 Å². The fourth-order valence-electron chi connectivity index (χ4n) is 1.22. The molecule has 1 aliphatic heterocycles. The monoisotopic (exact) mass is 145 g/mol. The van der Waals surface area contributed by atoms with E-state index in [1.165, 1.54) is 0 Å². The van der Waals surface area contributed by atoms with Gasteiger partial charge in [-0.3, -0.25) is 10.1 Å². The van der Waals surface area contributed by atoms with E-state index in [0.717, 1.165) is 0 Å². The van der Waals surface area contributed by atoms with Crippen LogP contribution in [0.25, 0.3) is 0 Å². The van der Waals surface area contributed by atoms with Gasteiger partial charge < -0.3 is 10.2 Å². The molecule has 0 saturated carbocycles. The Morgan fingerprint density at radius 1 is 1.70 bits per heavy atom. The number of nitrogens with one attached hydrogen (secondary N) is 1. The minimum absolute atomic E-state index is 0.107. The lowest BCUT2D eigenvalue weighted by Gasteiger charge is -2.07. The van der Waals surface area contributed by atoms with Gasteiger partial charge in [-0.25, -0.2) is 0 Å². The third kappa shape index (κ3) is 1.27. The largest absolute Gasteiger partial charge is 0.480 e. The molecular weight excluding hydrogens is 134 g/mol. The van der Waals surface area contributed by atoms with Gasteiger partial charge in [0.25, 0.3) is 0 Å². The Labute approximate surface area is 58.9 Å². The number of carbonyl (C=O) groups is 1. The van der Waals surface area contributed by atoms with Crippen LogP contribution in [-0.4, -0.2) is 34.4 Å². The molecule has 1 fully saturated rings. The van der Waals surface area contributed by atoms with Gasteiger partial charge in [0.2, 0.25) is 0 Å². The number of aliphatic hydroxyl groups excluding tert-OH is 1. The quantitative estimate of drug-likeness (QED) is 0.451. The van der Waals surface area contributed by atoms with Crippen molar-refractivity contribution in [1.82, 2.24) is 5.32 Å². The zero-order valence-electron chi connectivity index (χ0n) is 5.74. The van der Waals surface area contributed by atoms with Crippen LogP contribution >= 0.6 is 0 Å². The summed E-state index contributed by atoms with van der Waals surface area (Å²) in [5, 5.41) is 20.3. The molecule has 0 radical (unpaired) electrons. The van der Waals surface area contributed by atoms with Crippen molar-refractivity contribution in [3.05, 3.63) is 0 Å². The van der Waals surface area contributed by atoms with Crippen molar-refractivity contribution in [3.8, 4) is 0 Å². The summed E-state index contributed by atoms with van der Waals surface area (Å²) in [5.74, 6) is -0.975. The standard InChI is InChI=1S/C6H11NO3/c1-3-2-4(8)5(7-3)6(9)10/h3-5,7-8H,2H2,1H3,(H,9,10)/t3-,4-,5-/m0/s1. The van der Waals surface area contributed by atoms with Crippen molar-refractivity contribution in [2.75, 3.05) is 0 Å². The lowest BCUT2D eigenvalue weighted by Crippen LogP contribution is -2.39. The smallest absolute Gasteiger partial charge is 0.323 e. The van der Waals surface area contributed by atoms with Crippen molar-refractivity contribution in [2.24, 2.45) is 0 Å². The summed E-state index contributed by atoms with van der Waals surface area (Å²) in [6.45, 7) is 1.85.